The van der Waals surface area contributed by atoms with E-state index < -0.39 is 0 Å². The Kier molecular flexibility index (Phi) is 3.15. The minimum absolute atomic E-state index is 0.744. The lowest BCUT2D eigenvalue weighted by Crippen LogP contribution is -1.88. The first kappa shape index (κ1) is 11.0. The maximum atomic E-state index is 5.84. The number of rotatable bonds is 2. The lowest BCUT2D eigenvalue weighted by molar-refractivity contribution is 0.415. The van der Waals surface area contributed by atoms with Gasteiger partial charge in [-0.2, -0.15) is 0 Å². The molecule has 0 aliphatic carbocycles. The maximum absolute atomic E-state index is 5.84. The first-order chi connectivity index (χ1) is 7.70. The Hall–Kier alpha value is -1.48. The zero-order valence-electron chi connectivity index (χ0n) is 8.91. The van der Waals surface area contributed by atoms with Crippen LogP contribution in [0.4, 0.5) is 5.69 Å². The summed E-state index contributed by atoms with van der Waals surface area (Å²) < 4.78 is 6.04. The van der Waals surface area contributed by atoms with E-state index in [4.69, 9.17) is 10.5 Å². The van der Waals surface area contributed by atoms with Crippen molar-refractivity contribution in [2.75, 3.05) is 12.8 Å². The van der Waals surface area contributed by atoms with E-state index in [2.05, 4.69) is 15.9 Å². The monoisotopic (exact) mass is 277 g/mol. The zero-order chi connectivity index (χ0) is 11.5. The smallest absolute Gasteiger partial charge is 0.118 e. The number of anilines is 1. The van der Waals surface area contributed by atoms with E-state index in [-0.39, 0.29) is 0 Å². The van der Waals surface area contributed by atoms with Crippen molar-refractivity contribution in [2.24, 2.45) is 0 Å². The van der Waals surface area contributed by atoms with E-state index in [1.807, 2.05) is 42.5 Å². The molecule has 2 nitrogen and oxygen atoms in total. The summed E-state index contributed by atoms with van der Waals surface area (Å²) in [5, 5.41) is 0. The molecule has 0 heterocycles. The normalized spacial score (nSPS) is 10.1. The summed E-state index contributed by atoms with van der Waals surface area (Å²) in [6, 6.07) is 13.8. The largest absolute Gasteiger partial charge is 0.497 e. The van der Waals surface area contributed by atoms with Gasteiger partial charge < -0.3 is 10.5 Å². The number of hydrogen-bond donors (Lipinski definition) is 1. The van der Waals surface area contributed by atoms with E-state index in [0.29, 0.717) is 0 Å². The summed E-state index contributed by atoms with van der Waals surface area (Å²) in [7, 11) is 1.66. The van der Waals surface area contributed by atoms with Crippen molar-refractivity contribution < 1.29 is 4.74 Å². The molecule has 3 heteroatoms. The molecule has 0 bridgehead atoms. The Bertz CT molecular complexity index is 494. The summed E-state index contributed by atoms with van der Waals surface area (Å²) in [4.78, 5) is 0. The van der Waals surface area contributed by atoms with Crippen LogP contribution in [0.25, 0.3) is 11.1 Å². The molecule has 0 saturated carbocycles. The summed E-state index contributed by atoms with van der Waals surface area (Å²) in [5.74, 6) is 0.855. The number of benzene rings is 2. The third kappa shape index (κ3) is 2.19. The molecule has 0 fully saturated rings. The number of hydrogen-bond acceptors (Lipinski definition) is 2. The first-order valence-corrected chi connectivity index (χ1v) is 5.69. The van der Waals surface area contributed by atoms with E-state index in [0.717, 1.165) is 27.0 Å². The molecule has 0 amide bonds. The van der Waals surface area contributed by atoms with Gasteiger partial charge in [-0.15, -0.1) is 0 Å². The average molecular weight is 278 g/mol. The topological polar surface area (TPSA) is 35.2 Å². The van der Waals surface area contributed by atoms with Gasteiger partial charge in [0.05, 0.1) is 7.11 Å². The lowest BCUT2D eigenvalue weighted by Gasteiger charge is -2.05. The van der Waals surface area contributed by atoms with Crippen LogP contribution in [0.15, 0.2) is 46.9 Å². The Morgan fingerprint density at radius 2 is 1.62 bits per heavy atom. The second kappa shape index (κ2) is 4.58. The molecule has 16 heavy (non-hydrogen) atoms. The number of methoxy groups -OCH3 is 1. The Labute approximate surface area is 103 Å². The van der Waals surface area contributed by atoms with Gasteiger partial charge in [-0.3, -0.25) is 0 Å². The van der Waals surface area contributed by atoms with Crippen LogP contribution in [0.5, 0.6) is 5.75 Å². The van der Waals surface area contributed by atoms with Crippen molar-refractivity contribution in [3.05, 3.63) is 46.9 Å². The highest BCUT2D eigenvalue weighted by atomic mass is 79.9. The minimum Gasteiger partial charge on any atom is -0.497 e. The molecule has 0 spiro atoms. The molecule has 0 saturated heterocycles. The fraction of sp³-hybridized carbons (Fsp3) is 0.0769. The highest BCUT2D eigenvalue weighted by Crippen LogP contribution is 2.28. The highest BCUT2D eigenvalue weighted by molar-refractivity contribution is 9.10. The predicted molar refractivity (Wildman–Crippen MR) is 70.5 cm³/mol. The van der Waals surface area contributed by atoms with Gasteiger partial charge in [-0.1, -0.05) is 18.2 Å². The van der Waals surface area contributed by atoms with E-state index in [1.54, 1.807) is 7.11 Å². The van der Waals surface area contributed by atoms with E-state index in [9.17, 15) is 0 Å². The van der Waals surface area contributed by atoms with Crippen LogP contribution in [0, 0.1) is 0 Å². The van der Waals surface area contributed by atoms with Gasteiger partial charge in [0.2, 0.25) is 0 Å². The van der Waals surface area contributed by atoms with Crippen LogP contribution in [0.1, 0.15) is 0 Å². The van der Waals surface area contributed by atoms with E-state index in [1.165, 1.54) is 0 Å². The lowest BCUT2D eigenvalue weighted by atomic mass is 10.1. The maximum Gasteiger partial charge on any atom is 0.118 e. The van der Waals surface area contributed by atoms with Gasteiger partial charge in [-0.25, -0.2) is 0 Å². The summed E-state index contributed by atoms with van der Waals surface area (Å²) >= 11 is 3.38. The van der Waals surface area contributed by atoms with Crippen molar-refractivity contribution in [3.63, 3.8) is 0 Å². The molecule has 82 valence electrons. The molecule has 0 aromatic heterocycles. The molecular weight excluding hydrogens is 266 g/mol. The van der Waals surface area contributed by atoms with Crippen LogP contribution in [-0.4, -0.2) is 7.11 Å². The molecule has 0 atom stereocenters. The van der Waals surface area contributed by atoms with Gasteiger partial charge in [0, 0.05) is 10.2 Å². The molecular formula is C13H12BrNO. The molecule has 0 radical (unpaired) electrons. The molecule has 2 aromatic rings. The van der Waals surface area contributed by atoms with Crippen LogP contribution >= 0.6 is 15.9 Å². The van der Waals surface area contributed by atoms with E-state index >= 15 is 0 Å². The van der Waals surface area contributed by atoms with Crippen LogP contribution in [-0.2, 0) is 0 Å². The number of nitrogens with two attached hydrogens (primary N) is 1. The standard InChI is InChI=1S/C13H12BrNO/c1-16-11-5-2-9(3-6-11)10-4-7-12(14)13(15)8-10/h2-8H,15H2,1H3. The Morgan fingerprint density at radius 1 is 1.00 bits per heavy atom. The molecule has 0 unspecified atom stereocenters. The summed E-state index contributed by atoms with van der Waals surface area (Å²) in [5.41, 5.74) is 8.81. The van der Waals surface area contributed by atoms with Crippen LogP contribution < -0.4 is 10.5 Å². The van der Waals surface area contributed by atoms with Crippen molar-refractivity contribution in [3.8, 4) is 16.9 Å². The Balaban J connectivity index is 2.38. The highest BCUT2D eigenvalue weighted by Gasteiger charge is 2.01. The van der Waals surface area contributed by atoms with Gasteiger partial charge >= 0.3 is 0 Å². The number of nitrogen functional groups attached to an aromatic ring is 1. The van der Waals surface area contributed by atoms with Gasteiger partial charge in [-0.05, 0) is 51.3 Å². The molecule has 2 N–H and O–H groups in total. The molecule has 2 aromatic carbocycles. The van der Waals surface area contributed by atoms with Crippen molar-refractivity contribution in [2.45, 2.75) is 0 Å². The van der Waals surface area contributed by atoms with Crippen LogP contribution in [0.3, 0.4) is 0 Å². The summed E-state index contributed by atoms with van der Waals surface area (Å²) in [6.07, 6.45) is 0. The first-order valence-electron chi connectivity index (χ1n) is 4.90. The van der Waals surface area contributed by atoms with Crippen LogP contribution in [0.2, 0.25) is 0 Å². The third-order valence-corrected chi connectivity index (χ3v) is 3.14. The number of ether oxygens (including phenoxy) is 1. The van der Waals surface area contributed by atoms with Crippen molar-refractivity contribution in [1.82, 2.24) is 0 Å². The van der Waals surface area contributed by atoms with Gasteiger partial charge in [0.1, 0.15) is 5.75 Å². The molecule has 0 aliphatic heterocycles. The SMILES string of the molecule is COc1ccc(-c2ccc(Br)c(N)c2)cc1. The fourth-order valence-electron chi connectivity index (χ4n) is 1.51. The van der Waals surface area contributed by atoms with Gasteiger partial charge in [0.25, 0.3) is 0 Å². The van der Waals surface area contributed by atoms with Gasteiger partial charge in [0.15, 0.2) is 0 Å². The average Bonchev–Trinajstić information content (AvgIpc) is 2.33. The predicted octanol–water partition coefficient (Wildman–Crippen LogP) is 3.71. The number of halogens is 1. The zero-order valence-corrected chi connectivity index (χ0v) is 10.5. The molecule has 0 aliphatic rings. The minimum atomic E-state index is 0.744. The second-order valence-corrected chi connectivity index (χ2v) is 4.32. The Morgan fingerprint density at radius 3 is 2.19 bits per heavy atom. The second-order valence-electron chi connectivity index (χ2n) is 3.46. The molecule has 2 rings (SSSR count). The fourth-order valence-corrected chi connectivity index (χ4v) is 1.75. The summed E-state index contributed by atoms with van der Waals surface area (Å²) in [6.45, 7) is 0. The van der Waals surface area contributed by atoms with Crippen molar-refractivity contribution in [1.29, 1.82) is 0 Å². The third-order valence-electron chi connectivity index (χ3n) is 2.42. The quantitative estimate of drug-likeness (QED) is 0.850. The van der Waals surface area contributed by atoms with Crippen molar-refractivity contribution >= 4 is 21.6 Å².